The van der Waals surface area contributed by atoms with Gasteiger partial charge < -0.3 is 18.9 Å². The third-order valence-electron chi connectivity index (χ3n) is 4.84. The number of ether oxygens (including phenoxy) is 4. The molecule has 0 aromatic heterocycles. The van der Waals surface area contributed by atoms with Gasteiger partial charge in [0.2, 0.25) is 0 Å². The molecule has 22 heavy (non-hydrogen) atoms. The van der Waals surface area contributed by atoms with E-state index >= 15 is 0 Å². The summed E-state index contributed by atoms with van der Waals surface area (Å²) in [5.74, 6) is -2.54. The monoisotopic (exact) mass is 314 g/mol. The van der Waals surface area contributed by atoms with Crippen LogP contribution in [0.1, 0.15) is 6.42 Å². The number of hydrogen-bond donors (Lipinski definition) is 0. The van der Waals surface area contributed by atoms with E-state index in [-0.39, 0.29) is 23.7 Å². The lowest BCUT2D eigenvalue weighted by molar-refractivity contribution is -0.358. The van der Waals surface area contributed by atoms with Gasteiger partial charge in [-0.05, 0) is 5.92 Å². The normalized spacial score (nSPS) is 34.3. The van der Waals surface area contributed by atoms with E-state index in [2.05, 4.69) is 0 Å². The van der Waals surface area contributed by atoms with Gasteiger partial charge in [-0.3, -0.25) is 4.79 Å². The van der Waals surface area contributed by atoms with Gasteiger partial charge in [-0.15, -0.1) is 0 Å². The fourth-order valence-corrected chi connectivity index (χ4v) is 3.97. The van der Waals surface area contributed by atoms with Crippen LogP contribution < -0.4 is 0 Å². The van der Waals surface area contributed by atoms with Gasteiger partial charge in [0.25, 0.3) is 5.91 Å². The SMILES string of the molecule is COC(=O)N1[C@H]2[C@H]3CC(=O)[C@H]([C@H]32)C(OC)(OC)N1C(=O)OC. The van der Waals surface area contributed by atoms with Crippen LogP contribution in [-0.2, 0) is 23.7 Å². The summed E-state index contributed by atoms with van der Waals surface area (Å²) in [4.78, 5) is 36.7. The number of nitrogens with zero attached hydrogens (tertiary/aromatic N) is 2. The van der Waals surface area contributed by atoms with Crippen molar-refractivity contribution in [1.29, 1.82) is 0 Å². The summed E-state index contributed by atoms with van der Waals surface area (Å²) in [6.45, 7) is 0. The minimum absolute atomic E-state index is 0.0177. The van der Waals surface area contributed by atoms with Crippen molar-refractivity contribution < 1.29 is 33.3 Å². The molecule has 0 spiro atoms. The molecule has 0 aromatic carbocycles. The number of rotatable bonds is 2. The fraction of sp³-hybridized carbons (Fsp3) is 0.769. The van der Waals surface area contributed by atoms with Crippen LogP contribution in [0.2, 0.25) is 0 Å². The van der Waals surface area contributed by atoms with E-state index in [9.17, 15) is 14.4 Å². The summed E-state index contributed by atoms with van der Waals surface area (Å²) in [5, 5.41) is 2.07. The van der Waals surface area contributed by atoms with Gasteiger partial charge in [-0.25, -0.2) is 14.6 Å². The zero-order valence-corrected chi connectivity index (χ0v) is 12.8. The number of amides is 2. The quantitative estimate of drug-likeness (QED) is 0.672. The molecule has 0 radical (unpaired) electrons. The van der Waals surface area contributed by atoms with Gasteiger partial charge in [0.05, 0.1) is 26.2 Å². The highest BCUT2D eigenvalue weighted by molar-refractivity contribution is 5.89. The molecule has 2 saturated carbocycles. The van der Waals surface area contributed by atoms with Crippen LogP contribution in [0.4, 0.5) is 9.59 Å². The number of Topliss-reactive ketones (excluding diaryl/α,β-unsaturated/α-hetero) is 1. The second kappa shape index (κ2) is 4.82. The molecule has 3 fully saturated rings. The Bertz CT molecular complexity index is 532. The van der Waals surface area contributed by atoms with Crippen molar-refractivity contribution in [2.24, 2.45) is 17.8 Å². The van der Waals surface area contributed by atoms with Gasteiger partial charge in [0, 0.05) is 26.6 Å². The Hall–Kier alpha value is -1.87. The fourth-order valence-electron chi connectivity index (χ4n) is 3.97. The molecule has 2 aliphatic carbocycles. The molecule has 1 saturated heterocycles. The zero-order chi connectivity index (χ0) is 16.2. The zero-order valence-electron chi connectivity index (χ0n) is 12.8. The topological polar surface area (TPSA) is 94.6 Å². The first kappa shape index (κ1) is 15.0. The summed E-state index contributed by atoms with van der Waals surface area (Å²) in [6, 6.07) is -0.285. The molecule has 4 atom stereocenters. The van der Waals surface area contributed by atoms with Crippen LogP contribution in [0, 0.1) is 17.8 Å². The predicted octanol–water partition coefficient (Wildman–Crippen LogP) is 0.202. The Kier molecular flexibility index (Phi) is 3.29. The van der Waals surface area contributed by atoms with Crippen molar-refractivity contribution in [3.8, 4) is 0 Å². The van der Waals surface area contributed by atoms with E-state index in [0.29, 0.717) is 6.42 Å². The van der Waals surface area contributed by atoms with Gasteiger partial charge in [-0.1, -0.05) is 0 Å². The number of ketones is 1. The van der Waals surface area contributed by atoms with Crippen LogP contribution in [0.25, 0.3) is 0 Å². The maximum Gasteiger partial charge on any atom is 0.433 e. The van der Waals surface area contributed by atoms with E-state index in [1.54, 1.807) is 0 Å². The summed E-state index contributed by atoms with van der Waals surface area (Å²) < 4.78 is 20.4. The first-order valence-electron chi connectivity index (χ1n) is 6.86. The van der Waals surface area contributed by atoms with E-state index in [4.69, 9.17) is 18.9 Å². The third-order valence-corrected chi connectivity index (χ3v) is 4.84. The largest absolute Gasteiger partial charge is 0.452 e. The van der Waals surface area contributed by atoms with Crippen molar-refractivity contribution >= 4 is 18.0 Å². The second-order valence-electron chi connectivity index (χ2n) is 5.52. The minimum Gasteiger partial charge on any atom is -0.452 e. The van der Waals surface area contributed by atoms with E-state index in [1.165, 1.54) is 28.4 Å². The Morgan fingerprint density at radius 3 is 2.18 bits per heavy atom. The van der Waals surface area contributed by atoms with Gasteiger partial charge in [-0.2, -0.15) is 5.01 Å². The number of carbonyl (C=O) groups excluding carboxylic acids is 3. The molecule has 122 valence electrons. The average molecular weight is 314 g/mol. The molecule has 1 aliphatic heterocycles. The summed E-state index contributed by atoms with van der Waals surface area (Å²) in [7, 11) is 5.03. The number of methoxy groups -OCH3 is 4. The van der Waals surface area contributed by atoms with Crippen LogP contribution in [0.15, 0.2) is 0 Å². The lowest BCUT2D eigenvalue weighted by atomic mass is 9.93. The molecule has 3 aliphatic rings. The van der Waals surface area contributed by atoms with Crippen LogP contribution in [0.5, 0.6) is 0 Å². The predicted molar refractivity (Wildman–Crippen MR) is 69.1 cm³/mol. The highest BCUT2D eigenvalue weighted by atomic mass is 16.7. The van der Waals surface area contributed by atoms with Gasteiger partial charge >= 0.3 is 12.2 Å². The highest BCUT2D eigenvalue weighted by Gasteiger charge is 2.78. The molecule has 9 heteroatoms. The standard InChI is InChI=1S/C13H18N2O7/c1-19-11(17)14-10-6-5-7(16)9(8(6)10)13(21-3,22-4)15(14)12(18)20-2/h6,8-10H,5H2,1-4H3/t6-,8-,9+,10-/m0/s1. The van der Waals surface area contributed by atoms with Crippen LogP contribution >= 0.6 is 0 Å². The minimum atomic E-state index is -1.72. The van der Waals surface area contributed by atoms with E-state index < -0.39 is 24.0 Å². The molecule has 0 bridgehead atoms. The Labute approximate surface area is 127 Å². The van der Waals surface area contributed by atoms with Crippen molar-refractivity contribution in [3.63, 3.8) is 0 Å². The molecular weight excluding hydrogens is 296 g/mol. The number of carbonyl (C=O) groups is 3. The maximum absolute atomic E-state index is 12.3. The molecule has 0 aromatic rings. The van der Waals surface area contributed by atoms with Crippen molar-refractivity contribution in [3.05, 3.63) is 0 Å². The molecule has 3 rings (SSSR count). The van der Waals surface area contributed by atoms with Crippen LogP contribution in [0.3, 0.4) is 0 Å². The van der Waals surface area contributed by atoms with Crippen LogP contribution in [-0.4, -0.2) is 68.4 Å². The molecule has 2 amide bonds. The Morgan fingerprint density at radius 1 is 1.09 bits per heavy atom. The first-order valence-corrected chi connectivity index (χ1v) is 6.86. The Balaban J connectivity index is 2.12. The maximum atomic E-state index is 12.3. The van der Waals surface area contributed by atoms with Crippen molar-refractivity contribution in [2.45, 2.75) is 18.4 Å². The number of fused-ring (bicyclic) bond motifs is 1. The molecule has 9 nitrogen and oxygen atoms in total. The van der Waals surface area contributed by atoms with Gasteiger partial charge in [0.1, 0.15) is 5.78 Å². The van der Waals surface area contributed by atoms with E-state index in [0.717, 1.165) is 10.0 Å². The smallest absolute Gasteiger partial charge is 0.433 e. The Morgan fingerprint density at radius 2 is 1.68 bits per heavy atom. The number of hydrazine groups is 1. The summed E-state index contributed by atoms with van der Waals surface area (Å²) in [6.07, 6.45) is -1.26. The lowest BCUT2D eigenvalue weighted by Gasteiger charge is -2.50. The second-order valence-corrected chi connectivity index (χ2v) is 5.52. The number of hydrogen-bond acceptors (Lipinski definition) is 7. The third kappa shape index (κ3) is 1.57. The van der Waals surface area contributed by atoms with Crippen molar-refractivity contribution in [2.75, 3.05) is 28.4 Å². The van der Waals surface area contributed by atoms with Gasteiger partial charge in [0.15, 0.2) is 0 Å². The first-order chi connectivity index (χ1) is 10.5. The summed E-state index contributed by atoms with van der Waals surface area (Å²) >= 11 is 0. The highest BCUT2D eigenvalue weighted by Crippen LogP contribution is 2.64. The molecule has 0 N–H and O–H groups in total. The van der Waals surface area contributed by atoms with Crippen molar-refractivity contribution in [1.82, 2.24) is 10.0 Å². The molecule has 0 unspecified atom stereocenters. The molecular formula is C13H18N2O7. The average Bonchev–Trinajstić information content (AvgIpc) is 3.10. The molecule has 1 heterocycles. The summed E-state index contributed by atoms with van der Waals surface area (Å²) in [5.41, 5.74) is 0. The van der Waals surface area contributed by atoms with E-state index in [1.807, 2.05) is 0 Å². The lowest BCUT2D eigenvalue weighted by Crippen LogP contribution is -2.71.